The van der Waals surface area contributed by atoms with Crippen LogP contribution < -0.4 is 0 Å². The molecule has 0 atom stereocenters. The second-order valence-corrected chi connectivity index (χ2v) is 12.5. The molecule has 0 N–H and O–H groups in total. The predicted molar refractivity (Wildman–Crippen MR) is 162 cm³/mol. The molecule has 0 fully saturated rings. The summed E-state index contributed by atoms with van der Waals surface area (Å²) in [5.74, 6) is 0.964. The van der Waals surface area contributed by atoms with Gasteiger partial charge in [0.1, 0.15) is 0 Å². The first kappa shape index (κ1) is 25.5. The summed E-state index contributed by atoms with van der Waals surface area (Å²) in [6, 6.07) is 23.9. The second-order valence-electron chi connectivity index (χ2n) is 12.5. The van der Waals surface area contributed by atoms with E-state index in [2.05, 4.69) is 130 Å². The molecular formula is C37H42. The molecule has 0 saturated carbocycles. The zero-order valence-corrected chi connectivity index (χ0v) is 24.4. The number of benzene rings is 4. The highest BCUT2D eigenvalue weighted by atomic mass is 14.4. The van der Waals surface area contributed by atoms with Gasteiger partial charge < -0.3 is 0 Å². The molecule has 0 nitrogen and oxygen atoms in total. The summed E-state index contributed by atoms with van der Waals surface area (Å²) in [5.41, 5.74) is 19.5. The van der Waals surface area contributed by atoms with Crippen LogP contribution in [0.2, 0.25) is 0 Å². The van der Waals surface area contributed by atoms with E-state index in [1.54, 1.807) is 0 Å². The molecule has 0 heteroatoms. The Balaban J connectivity index is 1.66. The Hall–Kier alpha value is -3.12. The van der Waals surface area contributed by atoms with Gasteiger partial charge >= 0.3 is 0 Å². The van der Waals surface area contributed by atoms with Crippen LogP contribution in [0.15, 0.2) is 60.7 Å². The van der Waals surface area contributed by atoms with Gasteiger partial charge in [0, 0.05) is 5.41 Å². The molecule has 0 aliphatic heterocycles. The summed E-state index contributed by atoms with van der Waals surface area (Å²) < 4.78 is 0. The molecule has 0 radical (unpaired) electrons. The standard InChI is InChI=1S/C37H42/c1-21(2)30-18-27(12-11-23(30)5)28-13-14-29(31(19-28)22(3)4)32-20-36-34(16-26(32)8)33-15-24(6)25(7)17-35(33)37(36,9)10/h11-22H,1-10H3. The topological polar surface area (TPSA) is 0 Å². The normalized spacial score (nSPS) is 13.8. The molecule has 190 valence electrons. The molecule has 0 amide bonds. The Labute approximate surface area is 224 Å². The second kappa shape index (κ2) is 9.02. The van der Waals surface area contributed by atoms with Crippen LogP contribution in [0, 0.1) is 27.7 Å². The number of aryl methyl sites for hydroxylation is 4. The third-order valence-electron chi connectivity index (χ3n) is 8.83. The van der Waals surface area contributed by atoms with Crippen LogP contribution in [0.25, 0.3) is 33.4 Å². The van der Waals surface area contributed by atoms with Crippen molar-refractivity contribution in [1.29, 1.82) is 0 Å². The Morgan fingerprint density at radius 2 is 0.973 bits per heavy atom. The van der Waals surface area contributed by atoms with Crippen molar-refractivity contribution < 1.29 is 0 Å². The van der Waals surface area contributed by atoms with Gasteiger partial charge in [-0.25, -0.2) is 0 Å². The fraction of sp³-hybridized carbons (Fsp3) is 0.351. The summed E-state index contributed by atoms with van der Waals surface area (Å²) in [5, 5.41) is 0. The summed E-state index contributed by atoms with van der Waals surface area (Å²) in [6.45, 7) is 23.0. The van der Waals surface area contributed by atoms with Crippen molar-refractivity contribution in [2.24, 2.45) is 0 Å². The minimum absolute atomic E-state index is 0.00133. The van der Waals surface area contributed by atoms with E-state index in [1.807, 2.05) is 0 Å². The molecule has 4 aromatic carbocycles. The summed E-state index contributed by atoms with van der Waals surface area (Å²) in [7, 11) is 0. The summed E-state index contributed by atoms with van der Waals surface area (Å²) in [6.07, 6.45) is 0. The van der Waals surface area contributed by atoms with E-state index in [-0.39, 0.29) is 5.41 Å². The first-order valence-electron chi connectivity index (χ1n) is 13.9. The van der Waals surface area contributed by atoms with Crippen LogP contribution in [0.3, 0.4) is 0 Å². The van der Waals surface area contributed by atoms with Gasteiger partial charge in [0.25, 0.3) is 0 Å². The van der Waals surface area contributed by atoms with E-state index in [9.17, 15) is 0 Å². The zero-order valence-electron chi connectivity index (χ0n) is 24.4. The van der Waals surface area contributed by atoms with Crippen molar-refractivity contribution in [3.05, 3.63) is 105 Å². The lowest BCUT2D eigenvalue weighted by atomic mass is 9.79. The molecule has 5 rings (SSSR count). The lowest BCUT2D eigenvalue weighted by Gasteiger charge is -2.24. The minimum Gasteiger partial charge on any atom is -0.0587 e. The van der Waals surface area contributed by atoms with E-state index in [0.717, 1.165) is 0 Å². The van der Waals surface area contributed by atoms with Gasteiger partial charge in [-0.3, -0.25) is 0 Å². The van der Waals surface area contributed by atoms with Crippen molar-refractivity contribution in [3.8, 4) is 33.4 Å². The van der Waals surface area contributed by atoms with Crippen molar-refractivity contribution in [3.63, 3.8) is 0 Å². The Morgan fingerprint density at radius 1 is 0.459 bits per heavy atom. The van der Waals surface area contributed by atoms with Crippen molar-refractivity contribution in [2.75, 3.05) is 0 Å². The minimum atomic E-state index is -0.00133. The number of fused-ring (bicyclic) bond motifs is 3. The van der Waals surface area contributed by atoms with E-state index in [1.165, 1.54) is 77.9 Å². The van der Waals surface area contributed by atoms with Gasteiger partial charge in [0.15, 0.2) is 0 Å². The highest BCUT2D eigenvalue weighted by molar-refractivity contribution is 5.87. The molecule has 0 unspecified atom stereocenters. The van der Waals surface area contributed by atoms with E-state index in [0.29, 0.717) is 11.8 Å². The third-order valence-corrected chi connectivity index (χ3v) is 8.83. The molecule has 1 aliphatic rings. The fourth-order valence-electron chi connectivity index (χ4n) is 6.35. The average Bonchev–Trinajstić information content (AvgIpc) is 3.04. The molecule has 0 bridgehead atoms. The van der Waals surface area contributed by atoms with Crippen LogP contribution in [-0.2, 0) is 5.41 Å². The first-order chi connectivity index (χ1) is 17.4. The van der Waals surface area contributed by atoms with Crippen LogP contribution in [0.4, 0.5) is 0 Å². The van der Waals surface area contributed by atoms with Crippen LogP contribution in [-0.4, -0.2) is 0 Å². The molecule has 0 spiro atoms. The average molecular weight is 487 g/mol. The quantitative estimate of drug-likeness (QED) is 0.269. The monoisotopic (exact) mass is 486 g/mol. The molecule has 37 heavy (non-hydrogen) atoms. The fourth-order valence-corrected chi connectivity index (χ4v) is 6.35. The molecular weight excluding hydrogens is 444 g/mol. The van der Waals surface area contributed by atoms with Crippen LogP contribution in [0.5, 0.6) is 0 Å². The smallest absolute Gasteiger partial charge is 0.0159 e. The Kier molecular flexibility index (Phi) is 6.22. The molecule has 0 heterocycles. The van der Waals surface area contributed by atoms with E-state index in [4.69, 9.17) is 0 Å². The number of hydrogen-bond donors (Lipinski definition) is 0. The molecule has 0 aromatic heterocycles. The Bertz CT molecular complexity index is 1520. The first-order valence-corrected chi connectivity index (χ1v) is 13.9. The van der Waals surface area contributed by atoms with Crippen LogP contribution in [0.1, 0.15) is 97.9 Å². The van der Waals surface area contributed by atoms with Gasteiger partial charge in [-0.05, 0) is 123 Å². The molecule has 4 aromatic rings. The predicted octanol–water partition coefficient (Wildman–Crippen LogP) is 10.8. The third kappa shape index (κ3) is 4.15. The van der Waals surface area contributed by atoms with Crippen LogP contribution >= 0.6 is 0 Å². The lowest BCUT2D eigenvalue weighted by molar-refractivity contribution is 0.659. The Morgan fingerprint density at radius 3 is 1.59 bits per heavy atom. The molecule has 1 aliphatic carbocycles. The van der Waals surface area contributed by atoms with Crippen molar-refractivity contribution in [2.45, 2.75) is 86.5 Å². The van der Waals surface area contributed by atoms with Gasteiger partial charge in [-0.15, -0.1) is 0 Å². The van der Waals surface area contributed by atoms with Gasteiger partial charge in [-0.1, -0.05) is 96.1 Å². The van der Waals surface area contributed by atoms with Gasteiger partial charge in [0.05, 0.1) is 0 Å². The maximum absolute atomic E-state index is 2.50. The highest BCUT2D eigenvalue weighted by Crippen LogP contribution is 2.51. The molecule has 0 saturated heterocycles. The largest absolute Gasteiger partial charge is 0.0587 e. The maximum Gasteiger partial charge on any atom is 0.0159 e. The van der Waals surface area contributed by atoms with Crippen molar-refractivity contribution >= 4 is 0 Å². The SMILES string of the molecule is Cc1cc2c(cc1C)C(C)(C)c1cc(-c3ccc(-c4ccc(C)c(C(C)C)c4)cc3C(C)C)c(C)cc1-2. The lowest BCUT2D eigenvalue weighted by Crippen LogP contribution is -2.15. The maximum atomic E-state index is 2.50. The van der Waals surface area contributed by atoms with E-state index < -0.39 is 0 Å². The summed E-state index contributed by atoms with van der Waals surface area (Å²) in [4.78, 5) is 0. The number of hydrogen-bond acceptors (Lipinski definition) is 0. The number of rotatable bonds is 4. The van der Waals surface area contributed by atoms with E-state index >= 15 is 0 Å². The highest BCUT2D eigenvalue weighted by Gasteiger charge is 2.36. The summed E-state index contributed by atoms with van der Waals surface area (Å²) >= 11 is 0. The van der Waals surface area contributed by atoms with Gasteiger partial charge in [-0.2, -0.15) is 0 Å². The van der Waals surface area contributed by atoms with Crippen molar-refractivity contribution in [1.82, 2.24) is 0 Å². The zero-order chi connectivity index (χ0) is 26.8. The van der Waals surface area contributed by atoms with Gasteiger partial charge in [0.2, 0.25) is 0 Å².